The van der Waals surface area contributed by atoms with Gasteiger partial charge in [-0.2, -0.15) is 0 Å². The molecule has 0 spiro atoms. The van der Waals surface area contributed by atoms with Crippen molar-refractivity contribution in [2.75, 3.05) is 7.11 Å². The third-order valence-corrected chi connectivity index (χ3v) is 4.14. The van der Waals surface area contributed by atoms with Crippen LogP contribution in [0.15, 0.2) is 60.7 Å². The minimum absolute atomic E-state index is 0.230. The van der Waals surface area contributed by atoms with E-state index in [1.165, 1.54) is 7.11 Å². The Labute approximate surface area is 140 Å². The zero-order chi connectivity index (χ0) is 17.1. The van der Waals surface area contributed by atoms with Crippen molar-refractivity contribution in [2.24, 2.45) is 0 Å². The van der Waals surface area contributed by atoms with E-state index in [4.69, 9.17) is 4.74 Å². The topological polar surface area (TPSA) is 58.6 Å². The number of carbonyl (C=O) groups is 1. The zero-order valence-corrected chi connectivity index (χ0v) is 13.6. The summed E-state index contributed by atoms with van der Waals surface area (Å²) >= 11 is 0. The SMILES string of the molecule is COC(=O)N[C@@H](c1ccc(O)c(C)c1)c1cccc2ccccc12. The van der Waals surface area contributed by atoms with Crippen LogP contribution >= 0.6 is 0 Å². The van der Waals surface area contributed by atoms with E-state index in [-0.39, 0.29) is 11.8 Å². The molecule has 122 valence electrons. The second kappa shape index (κ2) is 6.62. The first-order valence-electron chi connectivity index (χ1n) is 7.72. The number of nitrogens with one attached hydrogen (secondary N) is 1. The van der Waals surface area contributed by atoms with Gasteiger partial charge in [0.2, 0.25) is 0 Å². The van der Waals surface area contributed by atoms with Crippen LogP contribution in [0.2, 0.25) is 0 Å². The molecule has 1 amide bonds. The van der Waals surface area contributed by atoms with Crippen molar-refractivity contribution in [3.8, 4) is 5.75 Å². The number of carbonyl (C=O) groups excluding carboxylic acids is 1. The summed E-state index contributed by atoms with van der Waals surface area (Å²) in [6.07, 6.45) is -0.501. The number of rotatable bonds is 3. The smallest absolute Gasteiger partial charge is 0.407 e. The Morgan fingerprint density at radius 3 is 2.58 bits per heavy atom. The molecule has 0 aliphatic carbocycles. The number of fused-ring (bicyclic) bond motifs is 1. The predicted molar refractivity (Wildman–Crippen MR) is 94.2 cm³/mol. The predicted octanol–water partition coefficient (Wildman–Crippen LogP) is 4.30. The van der Waals surface area contributed by atoms with Gasteiger partial charge >= 0.3 is 6.09 Å². The lowest BCUT2D eigenvalue weighted by atomic mass is 9.93. The highest BCUT2D eigenvalue weighted by atomic mass is 16.5. The van der Waals surface area contributed by atoms with Crippen molar-refractivity contribution < 1.29 is 14.6 Å². The molecule has 4 heteroatoms. The summed E-state index contributed by atoms with van der Waals surface area (Å²) in [4.78, 5) is 11.9. The van der Waals surface area contributed by atoms with Gasteiger partial charge in [-0.1, -0.05) is 48.5 Å². The average molecular weight is 321 g/mol. The van der Waals surface area contributed by atoms with Gasteiger partial charge in [-0.05, 0) is 46.5 Å². The number of phenolic OH excluding ortho intramolecular Hbond substituents is 1. The Hall–Kier alpha value is -3.01. The van der Waals surface area contributed by atoms with E-state index < -0.39 is 6.09 Å². The maximum Gasteiger partial charge on any atom is 0.407 e. The Bertz CT molecular complexity index is 884. The Kier molecular flexibility index (Phi) is 4.38. The number of aryl methyl sites for hydroxylation is 1. The molecule has 0 saturated heterocycles. The van der Waals surface area contributed by atoms with E-state index in [0.717, 1.165) is 27.5 Å². The minimum atomic E-state index is -0.501. The largest absolute Gasteiger partial charge is 0.508 e. The Morgan fingerprint density at radius 1 is 1.08 bits per heavy atom. The molecule has 0 aliphatic heterocycles. The number of phenols is 1. The quantitative estimate of drug-likeness (QED) is 0.756. The van der Waals surface area contributed by atoms with Crippen molar-refractivity contribution in [3.63, 3.8) is 0 Å². The van der Waals surface area contributed by atoms with Crippen LogP contribution in [0.1, 0.15) is 22.7 Å². The first-order valence-corrected chi connectivity index (χ1v) is 7.72. The highest BCUT2D eigenvalue weighted by Crippen LogP contribution is 2.31. The summed E-state index contributed by atoms with van der Waals surface area (Å²) in [6.45, 7) is 1.83. The van der Waals surface area contributed by atoms with Gasteiger partial charge in [0.15, 0.2) is 0 Å². The molecular formula is C20H19NO3. The number of amides is 1. The van der Waals surface area contributed by atoms with Crippen molar-refractivity contribution in [1.29, 1.82) is 0 Å². The Morgan fingerprint density at radius 2 is 1.83 bits per heavy atom. The van der Waals surface area contributed by atoms with Crippen LogP contribution < -0.4 is 5.32 Å². The maximum atomic E-state index is 11.9. The molecule has 24 heavy (non-hydrogen) atoms. The Balaban J connectivity index is 2.16. The summed E-state index contributed by atoms with van der Waals surface area (Å²) in [5.41, 5.74) is 2.61. The molecule has 3 rings (SSSR count). The van der Waals surface area contributed by atoms with Gasteiger partial charge in [-0.25, -0.2) is 4.79 Å². The van der Waals surface area contributed by atoms with E-state index in [1.807, 2.05) is 61.5 Å². The molecule has 0 fully saturated rings. The molecule has 3 aromatic rings. The maximum absolute atomic E-state index is 11.9. The van der Waals surface area contributed by atoms with Crippen molar-refractivity contribution >= 4 is 16.9 Å². The number of benzene rings is 3. The molecule has 0 radical (unpaired) electrons. The highest BCUT2D eigenvalue weighted by molar-refractivity contribution is 5.87. The second-order valence-electron chi connectivity index (χ2n) is 5.68. The second-order valence-corrected chi connectivity index (χ2v) is 5.68. The minimum Gasteiger partial charge on any atom is -0.508 e. The monoisotopic (exact) mass is 321 g/mol. The molecule has 2 N–H and O–H groups in total. The normalized spacial score (nSPS) is 11.9. The molecule has 0 bridgehead atoms. The van der Waals surface area contributed by atoms with E-state index in [0.29, 0.717) is 0 Å². The molecule has 0 heterocycles. The van der Waals surface area contributed by atoms with Crippen molar-refractivity contribution in [3.05, 3.63) is 77.4 Å². The molecule has 0 aromatic heterocycles. The number of hydrogen-bond acceptors (Lipinski definition) is 3. The van der Waals surface area contributed by atoms with E-state index in [9.17, 15) is 9.90 Å². The van der Waals surface area contributed by atoms with Crippen LogP contribution in [0.5, 0.6) is 5.75 Å². The van der Waals surface area contributed by atoms with Crippen molar-refractivity contribution in [1.82, 2.24) is 5.32 Å². The average Bonchev–Trinajstić information content (AvgIpc) is 2.61. The van der Waals surface area contributed by atoms with E-state index in [2.05, 4.69) is 5.32 Å². The van der Waals surface area contributed by atoms with Gasteiger partial charge < -0.3 is 15.2 Å². The lowest BCUT2D eigenvalue weighted by Crippen LogP contribution is -2.29. The van der Waals surface area contributed by atoms with Gasteiger partial charge in [0.05, 0.1) is 13.2 Å². The summed E-state index contributed by atoms with van der Waals surface area (Å²) < 4.78 is 4.79. The number of alkyl carbamates (subject to hydrolysis) is 1. The van der Waals surface area contributed by atoms with Gasteiger partial charge in [-0.3, -0.25) is 0 Å². The summed E-state index contributed by atoms with van der Waals surface area (Å²) in [5, 5.41) is 14.8. The van der Waals surface area contributed by atoms with Gasteiger partial charge in [0.1, 0.15) is 5.75 Å². The van der Waals surface area contributed by atoms with Gasteiger partial charge in [0, 0.05) is 0 Å². The summed E-state index contributed by atoms with van der Waals surface area (Å²) in [5.74, 6) is 0.230. The number of ether oxygens (including phenoxy) is 1. The van der Waals surface area contributed by atoms with Gasteiger partial charge in [-0.15, -0.1) is 0 Å². The van der Waals surface area contributed by atoms with Crippen molar-refractivity contribution in [2.45, 2.75) is 13.0 Å². The first-order chi connectivity index (χ1) is 11.6. The number of hydrogen-bond donors (Lipinski definition) is 2. The molecule has 0 aliphatic rings. The molecule has 0 saturated carbocycles. The number of methoxy groups -OCH3 is 1. The standard InChI is InChI=1S/C20H19NO3/c1-13-12-15(10-11-18(13)22)19(21-20(23)24-2)17-9-5-7-14-6-3-4-8-16(14)17/h3-12,19,22H,1-2H3,(H,21,23)/t19-/m0/s1. The molecule has 1 atom stereocenters. The fraction of sp³-hybridized carbons (Fsp3) is 0.150. The van der Waals surface area contributed by atoms with Crippen LogP contribution in [0.4, 0.5) is 4.79 Å². The summed E-state index contributed by atoms with van der Waals surface area (Å²) in [6, 6.07) is 19.0. The summed E-state index contributed by atoms with van der Waals surface area (Å²) in [7, 11) is 1.34. The van der Waals surface area contributed by atoms with Crippen LogP contribution in [0.25, 0.3) is 10.8 Å². The lowest BCUT2D eigenvalue weighted by molar-refractivity contribution is 0.168. The van der Waals surface area contributed by atoms with Gasteiger partial charge in [0.25, 0.3) is 0 Å². The van der Waals surface area contributed by atoms with Crippen LogP contribution in [-0.4, -0.2) is 18.3 Å². The third-order valence-electron chi connectivity index (χ3n) is 4.14. The highest BCUT2D eigenvalue weighted by Gasteiger charge is 2.20. The first kappa shape index (κ1) is 15.9. The van der Waals surface area contributed by atoms with Crippen LogP contribution in [0, 0.1) is 6.92 Å². The molecule has 4 nitrogen and oxygen atoms in total. The fourth-order valence-electron chi connectivity index (χ4n) is 2.88. The third kappa shape index (κ3) is 3.04. The zero-order valence-electron chi connectivity index (χ0n) is 13.6. The molecule has 3 aromatic carbocycles. The van der Waals surface area contributed by atoms with Crippen LogP contribution in [0.3, 0.4) is 0 Å². The lowest BCUT2D eigenvalue weighted by Gasteiger charge is -2.21. The molecular weight excluding hydrogens is 302 g/mol. The molecule has 0 unspecified atom stereocenters. The van der Waals surface area contributed by atoms with Crippen LogP contribution in [-0.2, 0) is 4.74 Å². The van der Waals surface area contributed by atoms with E-state index in [1.54, 1.807) is 6.07 Å². The fourth-order valence-corrected chi connectivity index (χ4v) is 2.88. The number of aromatic hydroxyl groups is 1. The van der Waals surface area contributed by atoms with E-state index >= 15 is 0 Å².